The van der Waals surface area contributed by atoms with E-state index >= 15 is 0 Å². The Morgan fingerprint density at radius 1 is 1.52 bits per heavy atom. The average molecular weight is 399 g/mol. The largest absolute Gasteiger partial charge is 0.465 e. The summed E-state index contributed by atoms with van der Waals surface area (Å²) < 4.78 is 11.3. The van der Waals surface area contributed by atoms with E-state index in [0.717, 1.165) is 35.2 Å². The van der Waals surface area contributed by atoms with Crippen LogP contribution in [0.2, 0.25) is 5.02 Å². The summed E-state index contributed by atoms with van der Waals surface area (Å²) in [5.74, 6) is -0.428. The Bertz CT molecular complexity index is 803. The zero-order valence-electron chi connectivity index (χ0n) is 13.9. The highest BCUT2D eigenvalue weighted by atomic mass is 35.5. The van der Waals surface area contributed by atoms with Crippen LogP contribution in [0, 0.1) is 0 Å². The van der Waals surface area contributed by atoms with E-state index in [1.807, 2.05) is 18.2 Å². The van der Waals surface area contributed by atoms with Gasteiger partial charge >= 0.3 is 5.97 Å². The number of carbonyl (C=O) groups is 1. The molecule has 1 aromatic heterocycles. The smallest absolute Gasteiger partial charge is 0.349 e. The van der Waals surface area contributed by atoms with Crippen molar-refractivity contribution in [3.8, 4) is 0 Å². The predicted molar refractivity (Wildman–Crippen MR) is 106 cm³/mol. The molecule has 8 heteroatoms. The molecule has 0 amide bonds. The monoisotopic (exact) mass is 398 g/mol. The summed E-state index contributed by atoms with van der Waals surface area (Å²) in [5, 5.41) is 8.22. The number of hydrogen-bond donors (Lipinski definition) is 2. The quantitative estimate of drug-likeness (QED) is 0.594. The molecule has 0 unspecified atom stereocenters. The summed E-state index contributed by atoms with van der Waals surface area (Å²) in [6.45, 7) is 2.88. The Balaban J connectivity index is 1.71. The molecule has 2 N–H and O–H groups in total. The van der Waals surface area contributed by atoms with Crippen LogP contribution in [-0.4, -0.2) is 36.9 Å². The minimum Gasteiger partial charge on any atom is -0.465 e. The van der Waals surface area contributed by atoms with Gasteiger partial charge in [-0.05, 0) is 50.2 Å². The lowest BCUT2D eigenvalue weighted by atomic mass is 10.1. The number of nitrogens with one attached hydrogen (secondary N) is 2. The molecule has 1 aliphatic heterocycles. The van der Waals surface area contributed by atoms with Gasteiger partial charge < -0.3 is 20.1 Å². The van der Waals surface area contributed by atoms with Gasteiger partial charge in [0.15, 0.2) is 5.11 Å². The fraction of sp³-hybridized carbons (Fsp3) is 0.412. The molecule has 2 aromatic rings. The number of esters is 1. The second-order valence-electron chi connectivity index (χ2n) is 5.89. The van der Waals surface area contributed by atoms with Gasteiger partial charge in [-0.3, -0.25) is 0 Å². The number of thiocarbonyl (C=S) groups is 1. The van der Waals surface area contributed by atoms with Crippen LogP contribution < -0.4 is 10.6 Å². The Labute approximate surface area is 160 Å². The lowest BCUT2D eigenvalue weighted by Gasteiger charge is -2.22. The van der Waals surface area contributed by atoms with Gasteiger partial charge in [-0.2, -0.15) is 0 Å². The molecular weight excluding hydrogens is 380 g/mol. The summed E-state index contributed by atoms with van der Waals surface area (Å²) in [5.41, 5.74) is 0.832. The van der Waals surface area contributed by atoms with Crippen molar-refractivity contribution in [3.63, 3.8) is 0 Å². The fourth-order valence-corrected chi connectivity index (χ4v) is 4.60. The molecule has 5 nitrogen and oxygen atoms in total. The Kier molecular flexibility index (Phi) is 5.78. The molecule has 0 aliphatic carbocycles. The number of hydrogen-bond acceptors (Lipinski definition) is 5. The van der Waals surface area contributed by atoms with Crippen LogP contribution in [0.4, 0.5) is 5.69 Å². The van der Waals surface area contributed by atoms with Gasteiger partial charge in [0.05, 0.1) is 24.3 Å². The van der Waals surface area contributed by atoms with Crippen LogP contribution in [0.15, 0.2) is 18.2 Å². The minimum absolute atomic E-state index is 0.147. The second-order valence-corrected chi connectivity index (χ2v) is 7.72. The van der Waals surface area contributed by atoms with Crippen molar-refractivity contribution in [2.75, 3.05) is 19.0 Å². The number of ether oxygens (including phenoxy) is 2. The van der Waals surface area contributed by atoms with Crippen molar-refractivity contribution in [3.05, 3.63) is 28.1 Å². The number of rotatable bonds is 4. The molecule has 1 saturated heterocycles. The zero-order valence-corrected chi connectivity index (χ0v) is 16.3. The Morgan fingerprint density at radius 3 is 3.00 bits per heavy atom. The molecule has 0 spiro atoms. The SMILES string of the molecule is COC(=O)c1sc2cc(NC(=S)N[C@H](C)[C@H]3CCCO3)ccc2c1Cl. The number of methoxy groups -OCH3 is 1. The van der Waals surface area contributed by atoms with Crippen LogP contribution in [0.25, 0.3) is 10.1 Å². The van der Waals surface area contributed by atoms with Crippen molar-refractivity contribution < 1.29 is 14.3 Å². The molecule has 134 valence electrons. The van der Waals surface area contributed by atoms with E-state index in [1.54, 1.807) is 0 Å². The van der Waals surface area contributed by atoms with E-state index in [4.69, 9.17) is 33.3 Å². The third kappa shape index (κ3) is 4.06. The molecule has 0 bridgehead atoms. The van der Waals surface area contributed by atoms with Gasteiger partial charge in [0.25, 0.3) is 0 Å². The Hall–Kier alpha value is -1.41. The van der Waals surface area contributed by atoms with Crippen molar-refractivity contribution in [2.45, 2.75) is 31.9 Å². The van der Waals surface area contributed by atoms with Crippen molar-refractivity contribution in [2.24, 2.45) is 0 Å². The molecule has 0 radical (unpaired) electrons. The Morgan fingerprint density at radius 2 is 2.32 bits per heavy atom. The van der Waals surface area contributed by atoms with Crippen LogP contribution >= 0.6 is 35.2 Å². The maximum Gasteiger partial charge on any atom is 0.349 e. The fourth-order valence-electron chi connectivity index (χ4n) is 2.83. The summed E-state index contributed by atoms with van der Waals surface area (Å²) in [4.78, 5) is 12.2. The lowest BCUT2D eigenvalue weighted by Crippen LogP contribution is -2.42. The highest BCUT2D eigenvalue weighted by Crippen LogP contribution is 2.37. The van der Waals surface area contributed by atoms with Crippen LogP contribution in [-0.2, 0) is 9.47 Å². The van der Waals surface area contributed by atoms with Gasteiger partial charge in [0.1, 0.15) is 4.88 Å². The first-order valence-electron chi connectivity index (χ1n) is 7.99. The van der Waals surface area contributed by atoms with Gasteiger partial charge in [0.2, 0.25) is 0 Å². The molecule has 0 saturated carbocycles. The summed E-state index contributed by atoms with van der Waals surface area (Å²) >= 11 is 13.0. The third-order valence-corrected chi connectivity index (χ3v) is 6.00. The highest BCUT2D eigenvalue weighted by molar-refractivity contribution is 7.80. The number of carbonyl (C=O) groups excluding carboxylic acids is 1. The molecule has 1 aromatic carbocycles. The first-order chi connectivity index (χ1) is 12.0. The molecule has 2 atom stereocenters. The van der Waals surface area contributed by atoms with E-state index in [-0.39, 0.29) is 12.1 Å². The number of anilines is 1. The number of benzene rings is 1. The van der Waals surface area contributed by atoms with E-state index in [9.17, 15) is 4.79 Å². The van der Waals surface area contributed by atoms with Crippen molar-refractivity contribution >= 4 is 62.0 Å². The zero-order chi connectivity index (χ0) is 18.0. The topological polar surface area (TPSA) is 59.6 Å². The predicted octanol–water partition coefficient (Wildman–Crippen LogP) is 4.20. The minimum atomic E-state index is -0.428. The van der Waals surface area contributed by atoms with Gasteiger partial charge in [-0.15, -0.1) is 11.3 Å². The van der Waals surface area contributed by atoms with Gasteiger partial charge in [0, 0.05) is 22.4 Å². The number of thiophene rings is 1. The maximum absolute atomic E-state index is 11.8. The van der Waals surface area contributed by atoms with Crippen LogP contribution in [0.5, 0.6) is 0 Å². The molecule has 1 fully saturated rings. The summed E-state index contributed by atoms with van der Waals surface area (Å²) in [7, 11) is 1.34. The molecule has 2 heterocycles. The maximum atomic E-state index is 11.8. The van der Waals surface area contributed by atoms with Crippen molar-refractivity contribution in [1.29, 1.82) is 0 Å². The lowest BCUT2D eigenvalue weighted by molar-refractivity contribution is 0.0606. The van der Waals surface area contributed by atoms with E-state index in [0.29, 0.717) is 15.0 Å². The summed E-state index contributed by atoms with van der Waals surface area (Å²) in [6, 6.07) is 5.82. The average Bonchev–Trinajstić information content (AvgIpc) is 3.22. The number of halogens is 1. The van der Waals surface area contributed by atoms with E-state index < -0.39 is 5.97 Å². The van der Waals surface area contributed by atoms with E-state index in [1.165, 1.54) is 18.4 Å². The van der Waals surface area contributed by atoms with Gasteiger partial charge in [-0.25, -0.2) is 4.79 Å². The van der Waals surface area contributed by atoms with Crippen LogP contribution in [0.1, 0.15) is 29.4 Å². The molecule has 1 aliphatic rings. The standard InChI is InChI=1S/C17H19ClN2O3S2/c1-9(12-4-3-7-23-12)19-17(24)20-10-5-6-11-13(8-10)25-15(14(11)18)16(21)22-2/h5-6,8-9,12H,3-4,7H2,1-2H3,(H2,19,20,24)/t9-,12-/m1/s1. The second kappa shape index (κ2) is 7.86. The summed E-state index contributed by atoms with van der Waals surface area (Å²) in [6.07, 6.45) is 2.34. The molecule has 3 rings (SSSR count). The third-order valence-electron chi connectivity index (χ3n) is 4.14. The first kappa shape index (κ1) is 18.4. The van der Waals surface area contributed by atoms with Crippen LogP contribution in [0.3, 0.4) is 0 Å². The number of fused-ring (bicyclic) bond motifs is 1. The molecular formula is C17H19ClN2O3S2. The first-order valence-corrected chi connectivity index (χ1v) is 9.59. The highest BCUT2D eigenvalue weighted by Gasteiger charge is 2.23. The normalized spacial score (nSPS) is 18.1. The molecule has 25 heavy (non-hydrogen) atoms. The van der Waals surface area contributed by atoms with Gasteiger partial charge in [-0.1, -0.05) is 11.6 Å². The van der Waals surface area contributed by atoms with Crippen molar-refractivity contribution in [1.82, 2.24) is 5.32 Å². The van der Waals surface area contributed by atoms with E-state index in [2.05, 4.69) is 17.6 Å².